The maximum absolute atomic E-state index is 5.88. The molecule has 0 spiro atoms. The Morgan fingerprint density at radius 2 is 1.82 bits per heavy atom. The van der Waals surface area contributed by atoms with Crippen LogP contribution < -0.4 is 15.2 Å². The Balaban J connectivity index is 2.47. The standard InChI is InChI=1S/C13H19NO3/c1-9-4-11(15-2)12(16-3)5-10(9)13(6-14)7-17-8-13/h4-5H,6-8,14H2,1-3H3. The molecule has 4 heteroatoms. The highest BCUT2D eigenvalue weighted by atomic mass is 16.5. The molecule has 2 N–H and O–H groups in total. The lowest BCUT2D eigenvalue weighted by molar-refractivity contribution is -0.0554. The second kappa shape index (κ2) is 4.55. The zero-order valence-electron chi connectivity index (χ0n) is 10.6. The lowest BCUT2D eigenvalue weighted by atomic mass is 9.76. The van der Waals surface area contributed by atoms with Crippen molar-refractivity contribution < 1.29 is 14.2 Å². The van der Waals surface area contributed by atoms with Crippen LogP contribution in [0.25, 0.3) is 0 Å². The monoisotopic (exact) mass is 237 g/mol. The summed E-state index contributed by atoms with van der Waals surface area (Å²) in [5, 5.41) is 0. The van der Waals surface area contributed by atoms with Gasteiger partial charge in [-0.1, -0.05) is 0 Å². The molecule has 1 aliphatic rings. The summed E-state index contributed by atoms with van der Waals surface area (Å²) >= 11 is 0. The number of hydrogen-bond acceptors (Lipinski definition) is 4. The normalized spacial score (nSPS) is 17.4. The van der Waals surface area contributed by atoms with E-state index in [1.54, 1.807) is 14.2 Å². The molecule has 1 fully saturated rings. The van der Waals surface area contributed by atoms with Gasteiger partial charge in [-0.3, -0.25) is 0 Å². The van der Waals surface area contributed by atoms with Gasteiger partial charge in [0.2, 0.25) is 0 Å². The van der Waals surface area contributed by atoms with Crippen LogP contribution in [-0.4, -0.2) is 34.0 Å². The van der Waals surface area contributed by atoms with Crippen LogP contribution >= 0.6 is 0 Å². The molecule has 0 saturated carbocycles. The molecule has 94 valence electrons. The molecule has 0 radical (unpaired) electrons. The minimum absolute atomic E-state index is 0.0519. The van der Waals surface area contributed by atoms with Gasteiger partial charge < -0.3 is 19.9 Å². The fourth-order valence-corrected chi connectivity index (χ4v) is 2.28. The highest BCUT2D eigenvalue weighted by Crippen LogP contribution is 2.39. The third kappa shape index (κ3) is 1.87. The Hall–Kier alpha value is -1.26. The van der Waals surface area contributed by atoms with E-state index in [2.05, 4.69) is 6.92 Å². The van der Waals surface area contributed by atoms with Gasteiger partial charge in [0.25, 0.3) is 0 Å². The van der Waals surface area contributed by atoms with E-state index in [9.17, 15) is 0 Å². The molecule has 0 bridgehead atoms. The van der Waals surface area contributed by atoms with Gasteiger partial charge in [-0.05, 0) is 30.2 Å². The Morgan fingerprint density at radius 1 is 1.24 bits per heavy atom. The predicted octanol–water partition coefficient (Wildman–Crippen LogP) is 1.24. The third-order valence-corrected chi connectivity index (χ3v) is 3.45. The van der Waals surface area contributed by atoms with Gasteiger partial charge in [0, 0.05) is 6.54 Å². The summed E-state index contributed by atoms with van der Waals surface area (Å²) in [6.45, 7) is 4.01. The fourth-order valence-electron chi connectivity index (χ4n) is 2.28. The lowest BCUT2D eigenvalue weighted by Crippen LogP contribution is -2.52. The molecule has 0 unspecified atom stereocenters. The van der Waals surface area contributed by atoms with Gasteiger partial charge in [-0.2, -0.15) is 0 Å². The molecule has 2 rings (SSSR count). The van der Waals surface area contributed by atoms with Crippen LogP contribution in [0.4, 0.5) is 0 Å². The van der Waals surface area contributed by atoms with Crippen molar-refractivity contribution in [2.24, 2.45) is 5.73 Å². The van der Waals surface area contributed by atoms with Crippen LogP contribution in [0.15, 0.2) is 12.1 Å². The minimum atomic E-state index is -0.0519. The number of benzene rings is 1. The van der Waals surface area contributed by atoms with Crippen LogP contribution in [0.2, 0.25) is 0 Å². The number of hydrogen-bond donors (Lipinski definition) is 1. The largest absolute Gasteiger partial charge is 0.493 e. The van der Waals surface area contributed by atoms with Crippen molar-refractivity contribution in [2.45, 2.75) is 12.3 Å². The zero-order valence-corrected chi connectivity index (χ0v) is 10.6. The van der Waals surface area contributed by atoms with Crippen molar-refractivity contribution in [3.63, 3.8) is 0 Å². The van der Waals surface area contributed by atoms with Crippen LogP contribution in [0.1, 0.15) is 11.1 Å². The Morgan fingerprint density at radius 3 is 2.24 bits per heavy atom. The summed E-state index contributed by atoms with van der Waals surface area (Å²) in [6.07, 6.45) is 0. The summed E-state index contributed by atoms with van der Waals surface area (Å²) in [6, 6.07) is 4.01. The van der Waals surface area contributed by atoms with Gasteiger partial charge in [-0.25, -0.2) is 0 Å². The quantitative estimate of drug-likeness (QED) is 0.856. The second-order valence-corrected chi connectivity index (χ2v) is 4.50. The van der Waals surface area contributed by atoms with Crippen molar-refractivity contribution in [3.8, 4) is 11.5 Å². The molecule has 1 aromatic carbocycles. The van der Waals surface area contributed by atoms with E-state index in [-0.39, 0.29) is 5.41 Å². The number of rotatable bonds is 4. The van der Waals surface area contributed by atoms with Crippen molar-refractivity contribution in [1.82, 2.24) is 0 Å². The number of methoxy groups -OCH3 is 2. The number of nitrogens with two attached hydrogens (primary N) is 1. The van der Waals surface area contributed by atoms with Crippen molar-refractivity contribution in [3.05, 3.63) is 23.3 Å². The first kappa shape index (κ1) is 12.2. The molecule has 1 aliphatic heterocycles. The van der Waals surface area contributed by atoms with Crippen LogP contribution in [0.3, 0.4) is 0 Å². The molecule has 1 saturated heterocycles. The van der Waals surface area contributed by atoms with Gasteiger partial charge >= 0.3 is 0 Å². The molecule has 0 aliphatic carbocycles. The van der Waals surface area contributed by atoms with E-state index in [0.29, 0.717) is 19.8 Å². The van der Waals surface area contributed by atoms with Gasteiger partial charge in [-0.15, -0.1) is 0 Å². The molecule has 1 heterocycles. The average Bonchev–Trinajstić information content (AvgIpc) is 2.29. The molecule has 0 aromatic heterocycles. The maximum atomic E-state index is 5.88. The van der Waals surface area contributed by atoms with Crippen molar-refractivity contribution in [1.29, 1.82) is 0 Å². The van der Waals surface area contributed by atoms with Gasteiger partial charge in [0.05, 0.1) is 32.8 Å². The highest BCUT2D eigenvalue weighted by molar-refractivity contribution is 5.50. The fraction of sp³-hybridized carbons (Fsp3) is 0.538. The number of aryl methyl sites for hydroxylation is 1. The van der Waals surface area contributed by atoms with Crippen LogP contribution in [0.5, 0.6) is 11.5 Å². The van der Waals surface area contributed by atoms with Crippen LogP contribution in [0, 0.1) is 6.92 Å². The van der Waals surface area contributed by atoms with E-state index in [0.717, 1.165) is 17.1 Å². The molecular formula is C13H19NO3. The predicted molar refractivity (Wildman–Crippen MR) is 65.8 cm³/mol. The first-order chi connectivity index (χ1) is 8.16. The van der Waals surface area contributed by atoms with Gasteiger partial charge in [0.1, 0.15) is 0 Å². The Kier molecular flexibility index (Phi) is 3.26. The molecule has 0 amide bonds. The summed E-state index contributed by atoms with van der Waals surface area (Å²) in [5.41, 5.74) is 8.19. The Bertz CT molecular complexity index is 408. The topological polar surface area (TPSA) is 53.7 Å². The van der Waals surface area contributed by atoms with Crippen molar-refractivity contribution in [2.75, 3.05) is 34.0 Å². The summed E-state index contributed by atoms with van der Waals surface area (Å²) in [4.78, 5) is 0. The maximum Gasteiger partial charge on any atom is 0.161 e. The zero-order chi connectivity index (χ0) is 12.5. The molecule has 0 atom stereocenters. The van der Waals surface area contributed by atoms with E-state index >= 15 is 0 Å². The van der Waals surface area contributed by atoms with E-state index in [4.69, 9.17) is 19.9 Å². The first-order valence-corrected chi connectivity index (χ1v) is 5.68. The molecule has 4 nitrogen and oxygen atoms in total. The second-order valence-electron chi connectivity index (χ2n) is 4.50. The van der Waals surface area contributed by atoms with E-state index in [1.165, 1.54) is 5.56 Å². The van der Waals surface area contributed by atoms with Gasteiger partial charge in [0.15, 0.2) is 11.5 Å². The molecule has 1 aromatic rings. The first-order valence-electron chi connectivity index (χ1n) is 5.68. The lowest BCUT2D eigenvalue weighted by Gasteiger charge is -2.42. The van der Waals surface area contributed by atoms with Crippen LogP contribution in [-0.2, 0) is 10.2 Å². The van der Waals surface area contributed by atoms with Crippen molar-refractivity contribution >= 4 is 0 Å². The summed E-state index contributed by atoms with van der Waals surface area (Å²) < 4.78 is 15.9. The SMILES string of the molecule is COc1cc(C)c(C2(CN)COC2)cc1OC. The summed E-state index contributed by atoms with van der Waals surface area (Å²) in [5.74, 6) is 1.49. The Labute approximate surface area is 102 Å². The third-order valence-electron chi connectivity index (χ3n) is 3.45. The highest BCUT2D eigenvalue weighted by Gasteiger charge is 2.40. The number of ether oxygens (including phenoxy) is 3. The average molecular weight is 237 g/mol. The molecule has 17 heavy (non-hydrogen) atoms. The minimum Gasteiger partial charge on any atom is -0.493 e. The molecular weight excluding hydrogens is 218 g/mol. The van der Waals surface area contributed by atoms with E-state index in [1.807, 2.05) is 12.1 Å². The van der Waals surface area contributed by atoms with E-state index < -0.39 is 0 Å². The smallest absolute Gasteiger partial charge is 0.161 e. The summed E-state index contributed by atoms with van der Waals surface area (Å²) in [7, 11) is 3.28.